The zero-order chi connectivity index (χ0) is 62.2. The Morgan fingerprint density at radius 3 is 0.341 bits per heavy atom. The van der Waals surface area contributed by atoms with Crippen molar-refractivity contribution < 1.29 is 0 Å². The summed E-state index contributed by atoms with van der Waals surface area (Å²) in [5.74, 6) is 0. The van der Waals surface area contributed by atoms with Gasteiger partial charge in [0.15, 0.2) is 0 Å². The second-order valence-electron chi connectivity index (χ2n) is 22.8. The molecule has 0 saturated heterocycles. The van der Waals surface area contributed by atoms with Crippen molar-refractivity contribution in [3.05, 3.63) is 168 Å². The van der Waals surface area contributed by atoms with Gasteiger partial charge >= 0.3 is 0 Å². The Hall–Kier alpha value is -3.00. The van der Waals surface area contributed by atoms with Crippen LogP contribution >= 0.6 is 113 Å². The first kappa shape index (κ1) is 69.8. The number of aryl methyl sites for hydroxylation is 14. The standard InChI is InChI=1S/4C14H18S2.2C8H12S/c2*1-7-9(3)13(15-11(7)5)14-10(4)8(2)12(6)16-14;2*1-7-8(2)14(16-10(7)4)13-9(3)11(5)15-12(13)6;2*1-5-6(2)8(4)9-7(5)3/h4*1-6H3;2*1-4H3. The first-order valence-corrected chi connectivity index (χ1v) is 36.7. The summed E-state index contributed by atoms with van der Waals surface area (Å²) in [5, 5.41) is 0. The van der Waals surface area contributed by atoms with Crippen LogP contribution in [0.3, 0.4) is 0 Å². The van der Waals surface area contributed by atoms with Crippen LogP contribution in [0.5, 0.6) is 0 Å². The van der Waals surface area contributed by atoms with Crippen molar-refractivity contribution in [3.63, 3.8) is 0 Å². The monoisotopic (exact) mass is 1280 g/mol. The number of hydrogen-bond donors (Lipinski definition) is 0. The topological polar surface area (TPSA) is 0 Å². The Morgan fingerprint density at radius 1 is 0.110 bits per heavy atom. The van der Waals surface area contributed by atoms with E-state index >= 15 is 0 Å². The van der Waals surface area contributed by atoms with E-state index in [9.17, 15) is 0 Å². The molecule has 10 aromatic heterocycles. The molecule has 10 aromatic rings. The van der Waals surface area contributed by atoms with E-state index in [1.807, 2.05) is 113 Å². The van der Waals surface area contributed by atoms with Crippen LogP contribution in [0.1, 0.15) is 168 Å². The average Bonchev–Trinajstić information content (AvgIpc) is 4.35. The summed E-state index contributed by atoms with van der Waals surface area (Å²) < 4.78 is 0. The van der Waals surface area contributed by atoms with Gasteiger partial charge < -0.3 is 0 Å². The molecule has 0 bridgehead atoms. The van der Waals surface area contributed by atoms with Crippen molar-refractivity contribution in [2.75, 3.05) is 0 Å². The highest BCUT2D eigenvalue weighted by Gasteiger charge is 2.21. The molecule has 0 nitrogen and oxygen atoms in total. The predicted molar refractivity (Wildman–Crippen MR) is 391 cm³/mol. The molecule has 444 valence electrons. The molecule has 0 aliphatic heterocycles. The molecule has 10 rings (SSSR count). The van der Waals surface area contributed by atoms with Crippen LogP contribution in [0.4, 0.5) is 0 Å². The fraction of sp³-hybridized carbons (Fsp3) is 0.444. The van der Waals surface area contributed by atoms with Gasteiger partial charge in [0.1, 0.15) is 0 Å². The van der Waals surface area contributed by atoms with Gasteiger partial charge in [-0.2, -0.15) is 0 Å². The molecule has 0 amide bonds. The van der Waals surface area contributed by atoms with Crippen LogP contribution in [0.15, 0.2) is 0 Å². The summed E-state index contributed by atoms with van der Waals surface area (Å²) >= 11 is 19.3. The van der Waals surface area contributed by atoms with Gasteiger partial charge in [-0.25, -0.2) is 0 Å². The van der Waals surface area contributed by atoms with Crippen LogP contribution < -0.4 is 0 Å². The van der Waals surface area contributed by atoms with E-state index < -0.39 is 0 Å². The Bertz CT molecular complexity index is 3480. The third kappa shape index (κ3) is 14.9. The first-order valence-electron chi connectivity index (χ1n) is 28.6. The van der Waals surface area contributed by atoms with E-state index in [4.69, 9.17) is 0 Å². The van der Waals surface area contributed by atoms with Crippen molar-refractivity contribution in [2.24, 2.45) is 0 Å². The highest BCUT2D eigenvalue weighted by molar-refractivity contribution is 7.23. The largest absolute Gasteiger partial charge is 0.145 e. The number of thiophene rings is 10. The van der Waals surface area contributed by atoms with Gasteiger partial charge in [-0.1, -0.05) is 0 Å². The Balaban J connectivity index is 0.000000183. The van der Waals surface area contributed by atoms with Gasteiger partial charge in [0.05, 0.1) is 0 Å². The van der Waals surface area contributed by atoms with E-state index in [0.717, 1.165) is 0 Å². The molecule has 10 heterocycles. The Kier molecular flexibility index (Phi) is 24.4. The van der Waals surface area contributed by atoms with E-state index in [-0.39, 0.29) is 0 Å². The zero-order valence-electron chi connectivity index (χ0n) is 56.1. The quantitative estimate of drug-likeness (QED) is 0.165. The van der Waals surface area contributed by atoms with E-state index in [1.165, 1.54) is 209 Å². The highest BCUT2D eigenvalue weighted by atomic mass is 32.1. The predicted octanol–water partition coefficient (Wildman–Crippen LogP) is 27.3. The zero-order valence-corrected chi connectivity index (χ0v) is 64.2. The summed E-state index contributed by atoms with van der Waals surface area (Å²) in [6.45, 7) is 71.1. The van der Waals surface area contributed by atoms with Gasteiger partial charge in [0, 0.05) is 109 Å². The second kappa shape index (κ2) is 28.7. The maximum atomic E-state index is 2.25. The molecular weight excluding hydrogens is 1190 g/mol. The average molecular weight is 1280 g/mol. The van der Waals surface area contributed by atoms with Gasteiger partial charge in [0.25, 0.3) is 0 Å². The molecule has 0 atom stereocenters. The third-order valence-electron chi connectivity index (χ3n) is 18.0. The smallest absolute Gasteiger partial charge is 0.0480 e. The fourth-order valence-corrected chi connectivity index (χ4v) is 22.1. The SMILES string of the molecule is Cc1sc(-c2c(C)sc(C)c2C)c(C)c1C.Cc1sc(-c2c(C)sc(C)c2C)c(C)c1C.Cc1sc(-c2sc(C)c(C)c2C)c(C)c1C.Cc1sc(-c2sc(C)c(C)c2C)c(C)c1C.Cc1sc(C)c(C)c1C.Cc1sc(C)c(C)c1C. The number of rotatable bonds is 4. The molecule has 82 heavy (non-hydrogen) atoms. The third-order valence-corrected chi connectivity index (χ3v) is 30.9. The highest BCUT2D eigenvalue weighted by Crippen LogP contribution is 2.46. The molecule has 10 heteroatoms. The van der Waals surface area contributed by atoms with Gasteiger partial charge in [-0.05, 0) is 322 Å². The van der Waals surface area contributed by atoms with Gasteiger partial charge in [-0.15, -0.1) is 113 Å². The van der Waals surface area contributed by atoms with Crippen molar-refractivity contribution in [1.82, 2.24) is 0 Å². The van der Waals surface area contributed by atoms with Crippen molar-refractivity contribution in [1.29, 1.82) is 0 Å². The lowest BCUT2D eigenvalue weighted by atomic mass is 10.0. The van der Waals surface area contributed by atoms with E-state index in [2.05, 4.69) is 222 Å². The molecule has 0 spiro atoms. The van der Waals surface area contributed by atoms with Crippen LogP contribution in [-0.4, -0.2) is 0 Å². The van der Waals surface area contributed by atoms with Gasteiger partial charge in [0.2, 0.25) is 0 Å². The van der Waals surface area contributed by atoms with Crippen molar-refractivity contribution in [2.45, 2.75) is 222 Å². The lowest BCUT2D eigenvalue weighted by Crippen LogP contribution is -1.82. The summed E-state index contributed by atoms with van der Waals surface area (Å²) in [6, 6.07) is 0. The maximum Gasteiger partial charge on any atom is 0.0480 e. The normalized spacial score (nSPS) is 10.9. The lowest BCUT2D eigenvalue weighted by Gasteiger charge is -2.02. The molecule has 0 saturated carbocycles. The van der Waals surface area contributed by atoms with E-state index in [0.29, 0.717) is 0 Å². The molecule has 0 aliphatic rings. The molecular formula is C72H96S10. The maximum absolute atomic E-state index is 2.25. The molecule has 0 aromatic carbocycles. The molecule has 0 radical (unpaired) electrons. The summed E-state index contributed by atoms with van der Waals surface area (Å²) in [7, 11) is 0. The first-order chi connectivity index (χ1) is 38.0. The molecule has 0 aliphatic carbocycles. The van der Waals surface area contributed by atoms with Crippen LogP contribution in [0, 0.1) is 222 Å². The van der Waals surface area contributed by atoms with Crippen LogP contribution in [-0.2, 0) is 0 Å². The van der Waals surface area contributed by atoms with Gasteiger partial charge in [-0.3, -0.25) is 0 Å². The Labute approximate surface area is 538 Å². The molecule has 0 N–H and O–H groups in total. The minimum Gasteiger partial charge on any atom is -0.145 e. The fourth-order valence-electron chi connectivity index (χ4n) is 9.86. The minimum atomic E-state index is 1.45. The molecule has 0 unspecified atom stereocenters. The van der Waals surface area contributed by atoms with Crippen LogP contribution in [0.25, 0.3) is 40.4 Å². The van der Waals surface area contributed by atoms with E-state index in [1.54, 1.807) is 0 Å². The summed E-state index contributed by atoms with van der Waals surface area (Å²) in [6.07, 6.45) is 0. The number of hydrogen-bond acceptors (Lipinski definition) is 10. The lowest BCUT2D eigenvalue weighted by molar-refractivity contribution is 1.32. The minimum absolute atomic E-state index is 1.45. The van der Waals surface area contributed by atoms with Crippen LogP contribution in [0.2, 0.25) is 0 Å². The summed E-state index contributed by atoms with van der Waals surface area (Å²) in [4.78, 5) is 29.3. The summed E-state index contributed by atoms with van der Waals surface area (Å²) in [5.41, 5.74) is 29.3. The molecule has 0 fully saturated rings. The van der Waals surface area contributed by atoms with Crippen molar-refractivity contribution >= 4 is 113 Å². The van der Waals surface area contributed by atoms with Crippen molar-refractivity contribution in [3.8, 4) is 40.4 Å². The second-order valence-corrected chi connectivity index (χ2v) is 35.8. The Morgan fingerprint density at radius 2 is 0.232 bits per heavy atom.